The Hall–Kier alpha value is -2.99. The molecule has 136 valence electrons. The fourth-order valence-electron chi connectivity index (χ4n) is 2.93. The number of nitrogens with zero attached hydrogens (tertiary/aromatic N) is 1. The van der Waals surface area contributed by atoms with Crippen LogP contribution in [0.4, 0.5) is 0 Å². The maximum atomic E-state index is 12.7. The Morgan fingerprint density at radius 2 is 1.92 bits per heavy atom. The highest BCUT2D eigenvalue weighted by atomic mass is 16.5. The van der Waals surface area contributed by atoms with Crippen molar-refractivity contribution in [2.75, 3.05) is 28.3 Å². The van der Waals surface area contributed by atoms with Crippen molar-refractivity contribution in [2.45, 2.75) is 6.54 Å². The van der Waals surface area contributed by atoms with E-state index < -0.39 is 0 Å². The topological polar surface area (TPSA) is 68.2 Å². The van der Waals surface area contributed by atoms with E-state index in [4.69, 9.17) is 14.2 Å². The standard InChI is InChI=1S/C20H21NO5/c1-21(2)11-14-15(22)9-8-13-18(23)17(26-20(13)14)10-12-6-5-7-16(24-3)19(12)25-4/h5-10,22H,11H2,1-4H3. The molecule has 0 saturated heterocycles. The lowest BCUT2D eigenvalue weighted by Gasteiger charge is -2.14. The highest BCUT2D eigenvalue weighted by Crippen LogP contribution is 2.41. The number of Topliss-reactive ketones (excluding diaryl/α,β-unsaturated/α-hetero) is 1. The molecule has 1 heterocycles. The van der Waals surface area contributed by atoms with Crippen molar-refractivity contribution < 1.29 is 24.1 Å². The van der Waals surface area contributed by atoms with E-state index in [1.54, 1.807) is 32.4 Å². The van der Waals surface area contributed by atoms with E-state index in [0.29, 0.717) is 40.5 Å². The summed E-state index contributed by atoms with van der Waals surface area (Å²) in [5.74, 6) is 1.53. The van der Waals surface area contributed by atoms with Gasteiger partial charge in [-0.15, -0.1) is 0 Å². The number of ketones is 1. The van der Waals surface area contributed by atoms with Crippen LogP contribution in [0.15, 0.2) is 36.1 Å². The fourth-order valence-corrected chi connectivity index (χ4v) is 2.93. The largest absolute Gasteiger partial charge is 0.507 e. The van der Waals surface area contributed by atoms with Gasteiger partial charge in [-0.1, -0.05) is 12.1 Å². The molecule has 0 aliphatic carbocycles. The average molecular weight is 355 g/mol. The van der Waals surface area contributed by atoms with E-state index in [9.17, 15) is 9.90 Å². The van der Waals surface area contributed by atoms with Crippen molar-refractivity contribution >= 4 is 11.9 Å². The van der Waals surface area contributed by atoms with Crippen LogP contribution in [-0.4, -0.2) is 44.1 Å². The number of para-hydroxylation sites is 1. The van der Waals surface area contributed by atoms with Crippen LogP contribution in [0.3, 0.4) is 0 Å². The summed E-state index contributed by atoms with van der Waals surface area (Å²) in [7, 11) is 6.86. The molecule has 3 rings (SSSR count). The predicted molar refractivity (Wildman–Crippen MR) is 98.0 cm³/mol. The molecule has 6 nitrogen and oxygen atoms in total. The minimum absolute atomic E-state index is 0.102. The van der Waals surface area contributed by atoms with Crippen molar-refractivity contribution in [1.29, 1.82) is 0 Å². The van der Waals surface area contributed by atoms with Gasteiger partial charge in [-0.2, -0.15) is 0 Å². The molecule has 0 unspecified atom stereocenters. The van der Waals surface area contributed by atoms with Gasteiger partial charge in [-0.25, -0.2) is 0 Å². The number of benzene rings is 2. The average Bonchev–Trinajstić information content (AvgIpc) is 2.93. The number of fused-ring (bicyclic) bond motifs is 1. The summed E-state index contributed by atoms with van der Waals surface area (Å²) < 4.78 is 16.5. The number of aromatic hydroxyl groups is 1. The van der Waals surface area contributed by atoms with E-state index >= 15 is 0 Å². The van der Waals surface area contributed by atoms with Crippen LogP contribution in [0.25, 0.3) is 6.08 Å². The lowest BCUT2D eigenvalue weighted by Crippen LogP contribution is -2.11. The van der Waals surface area contributed by atoms with E-state index in [2.05, 4.69) is 0 Å². The number of methoxy groups -OCH3 is 2. The first-order chi connectivity index (χ1) is 12.5. The van der Waals surface area contributed by atoms with Crippen molar-refractivity contribution in [3.8, 4) is 23.0 Å². The molecular weight excluding hydrogens is 334 g/mol. The number of phenols is 1. The number of allylic oxidation sites excluding steroid dienone is 1. The van der Waals surface area contributed by atoms with Gasteiger partial charge in [0.05, 0.1) is 25.3 Å². The van der Waals surface area contributed by atoms with Crippen LogP contribution in [0, 0.1) is 0 Å². The van der Waals surface area contributed by atoms with Crippen molar-refractivity contribution in [1.82, 2.24) is 4.90 Å². The molecule has 1 aliphatic rings. The normalized spacial score (nSPS) is 14.5. The highest BCUT2D eigenvalue weighted by Gasteiger charge is 2.31. The monoisotopic (exact) mass is 355 g/mol. The van der Waals surface area contributed by atoms with Crippen LogP contribution in [0.2, 0.25) is 0 Å². The van der Waals surface area contributed by atoms with E-state index in [0.717, 1.165) is 0 Å². The quantitative estimate of drug-likeness (QED) is 0.832. The summed E-state index contributed by atoms with van der Waals surface area (Å²) in [4.78, 5) is 14.6. The number of hydrogen-bond donors (Lipinski definition) is 1. The maximum absolute atomic E-state index is 12.7. The highest BCUT2D eigenvalue weighted by molar-refractivity contribution is 6.15. The molecule has 0 atom stereocenters. The molecule has 0 amide bonds. The second-order valence-corrected chi connectivity index (χ2v) is 6.20. The molecule has 0 saturated carbocycles. The van der Waals surface area contributed by atoms with Crippen LogP contribution in [0.1, 0.15) is 21.5 Å². The summed E-state index contributed by atoms with van der Waals surface area (Å²) in [5.41, 5.74) is 1.69. The zero-order valence-corrected chi connectivity index (χ0v) is 15.2. The first kappa shape index (κ1) is 17.8. The lowest BCUT2D eigenvalue weighted by molar-refractivity contribution is 0.101. The molecule has 6 heteroatoms. The summed E-state index contributed by atoms with van der Waals surface area (Å²) in [6.45, 7) is 0.456. The van der Waals surface area contributed by atoms with Crippen molar-refractivity contribution in [3.05, 3.63) is 52.8 Å². The third kappa shape index (κ3) is 3.11. The number of rotatable bonds is 5. The molecular formula is C20H21NO5. The van der Waals surface area contributed by atoms with E-state index in [-0.39, 0.29) is 17.3 Å². The molecule has 2 aromatic carbocycles. The SMILES string of the molecule is COc1cccc(C=C2Oc3c(ccc(O)c3CN(C)C)C2=O)c1OC. The van der Waals surface area contributed by atoms with Gasteiger partial charge in [0.25, 0.3) is 0 Å². The molecule has 0 bridgehead atoms. The number of carbonyl (C=O) groups excluding carboxylic acids is 1. The zero-order valence-electron chi connectivity index (χ0n) is 15.2. The van der Waals surface area contributed by atoms with Gasteiger partial charge in [0.1, 0.15) is 11.5 Å². The Morgan fingerprint density at radius 3 is 2.58 bits per heavy atom. The molecule has 1 aliphatic heterocycles. The molecule has 0 radical (unpaired) electrons. The third-order valence-electron chi connectivity index (χ3n) is 4.11. The van der Waals surface area contributed by atoms with Gasteiger partial charge in [-0.3, -0.25) is 4.79 Å². The summed E-state index contributed by atoms with van der Waals surface area (Å²) in [6, 6.07) is 8.50. The Kier molecular flexibility index (Phi) is 4.86. The Bertz CT molecular complexity index is 886. The summed E-state index contributed by atoms with van der Waals surface area (Å²) in [5, 5.41) is 10.2. The molecule has 0 fully saturated rings. The van der Waals surface area contributed by atoms with E-state index in [1.807, 2.05) is 31.1 Å². The summed E-state index contributed by atoms with van der Waals surface area (Å²) in [6.07, 6.45) is 1.63. The van der Waals surface area contributed by atoms with Gasteiger partial charge in [0.2, 0.25) is 5.78 Å². The number of ether oxygens (including phenoxy) is 3. The lowest BCUT2D eigenvalue weighted by atomic mass is 10.0. The van der Waals surface area contributed by atoms with Gasteiger partial charge >= 0.3 is 0 Å². The zero-order chi connectivity index (χ0) is 18.8. The minimum Gasteiger partial charge on any atom is -0.507 e. The molecule has 0 aromatic heterocycles. The second-order valence-electron chi connectivity index (χ2n) is 6.20. The van der Waals surface area contributed by atoms with Gasteiger partial charge in [-0.05, 0) is 38.4 Å². The van der Waals surface area contributed by atoms with Crippen LogP contribution in [-0.2, 0) is 6.54 Å². The molecule has 0 spiro atoms. The van der Waals surface area contributed by atoms with Gasteiger partial charge in [0.15, 0.2) is 17.3 Å². The third-order valence-corrected chi connectivity index (χ3v) is 4.11. The Balaban J connectivity index is 2.05. The second kappa shape index (κ2) is 7.09. The Morgan fingerprint density at radius 1 is 1.15 bits per heavy atom. The first-order valence-corrected chi connectivity index (χ1v) is 8.11. The Labute approximate surface area is 152 Å². The van der Waals surface area contributed by atoms with E-state index in [1.165, 1.54) is 6.07 Å². The number of phenolic OH excluding ortho intramolecular Hbond substituents is 1. The molecule has 1 N–H and O–H groups in total. The van der Waals surface area contributed by atoms with Gasteiger partial charge < -0.3 is 24.2 Å². The van der Waals surface area contributed by atoms with Crippen molar-refractivity contribution in [2.24, 2.45) is 0 Å². The molecule has 26 heavy (non-hydrogen) atoms. The van der Waals surface area contributed by atoms with Crippen LogP contribution < -0.4 is 14.2 Å². The van der Waals surface area contributed by atoms with Crippen LogP contribution in [0.5, 0.6) is 23.0 Å². The number of carbonyl (C=O) groups is 1. The van der Waals surface area contributed by atoms with Gasteiger partial charge in [0, 0.05) is 12.1 Å². The smallest absolute Gasteiger partial charge is 0.231 e. The summed E-state index contributed by atoms with van der Waals surface area (Å²) >= 11 is 0. The first-order valence-electron chi connectivity index (χ1n) is 8.11. The maximum Gasteiger partial charge on any atom is 0.231 e. The van der Waals surface area contributed by atoms with Crippen molar-refractivity contribution in [3.63, 3.8) is 0 Å². The number of hydrogen-bond acceptors (Lipinski definition) is 6. The van der Waals surface area contributed by atoms with Crippen LogP contribution >= 0.6 is 0 Å². The minimum atomic E-state index is -0.232. The fraction of sp³-hybridized carbons (Fsp3) is 0.250. The predicted octanol–water partition coefficient (Wildman–Crippen LogP) is 3.09. The molecule has 2 aromatic rings.